The van der Waals surface area contributed by atoms with Crippen molar-refractivity contribution in [1.29, 1.82) is 5.26 Å². The van der Waals surface area contributed by atoms with Gasteiger partial charge in [0.1, 0.15) is 0 Å². The molecule has 5 nitrogen and oxygen atoms in total. The quantitative estimate of drug-likeness (QED) is 0.306. The molecule has 0 aromatic heterocycles. The number of ether oxygens (including phenoxy) is 2. The van der Waals surface area contributed by atoms with Gasteiger partial charge in [-0.3, -0.25) is 0 Å². The number of hydrogen-bond acceptors (Lipinski definition) is 5. The van der Waals surface area contributed by atoms with Crippen LogP contribution in [-0.4, -0.2) is 25.4 Å². The Hall–Kier alpha value is -2.09. The SMILES string of the molecule is C=C(/N=C\C(=C/CC#N)C(=O)OC)OC(C)C. The van der Waals surface area contributed by atoms with Crippen LogP contribution in [0.5, 0.6) is 0 Å². The van der Waals surface area contributed by atoms with Crippen LogP contribution in [-0.2, 0) is 14.3 Å². The maximum absolute atomic E-state index is 11.3. The van der Waals surface area contributed by atoms with Gasteiger partial charge < -0.3 is 9.47 Å². The number of nitriles is 1. The van der Waals surface area contributed by atoms with Crippen molar-refractivity contribution in [2.45, 2.75) is 26.4 Å². The van der Waals surface area contributed by atoms with Gasteiger partial charge in [0.2, 0.25) is 5.88 Å². The van der Waals surface area contributed by atoms with Gasteiger partial charge in [-0.05, 0) is 20.4 Å². The van der Waals surface area contributed by atoms with Crippen molar-refractivity contribution >= 4 is 12.2 Å². The first kappa shape index (κ1) is 14.9. The highest BCUT2D eigenvalue weighted by atomic mass is 16.5. The van der Waals surface area contributed by atoms with Crippen LogP contribution in [0.1, 0.15) is 20.3 Å². The molecule has 0 aliphatic carbocycles. The molecule has 0 rings (SSSR count). The third-order valence-electron chi connectivity index (χ3n) is 1.55. The molecule has 92 valence electrons. The highest BCUT2D eigenvalue weighted by Gasteiger charge is 2.06. The number of allylic oxidation sites excluding steroid dienone is 1. The summed E-state index contributed by atoms with van der Waals surface area (Å²) in [6, 6.07) is 1.90. The van der Waals surface area contributed by atoms with E-state index >= 15 is 0 Å². The second-order valence-electron chi connectivity index (χ2n) is 3.33. The predicted octanol–water partition coefficient (Wildman–Crippen LogP) is 1.97. The molecule has 0 atom stereocenters. The van der Waals surface area contributed by atoms with E-state index in [1.54, 1.807) is 0 Å². The third-order valence-corrected chi connectivity index (χ3v) is 1.55. The minimum atomic E-state index is -0.554. The molecule has 0 amide bonds. The Morgan fingerprint density at radius 2 is 2.24 bits per heavy atom. The van der Waals surface area contributed by atoms with Crippen molar-refractivity contribution in [3.05, 3.63) is 24.1 Å². The van der Waals surface area contributed by atoms with Crippen LogP contribution in [0.4, 0.5) is 0 Å². The first-order valence-electron chi connectivity index (χ1n) is 5.06. The number of rotatable bonds is 6. The molecular formula is C12H16N2O3. The van der Waals surface area contributed by atoms with Gasteiger partial charge in [-0.25, -0.2) is 9.79 Å². The average molecular weight is 236 g/mol. The van der Waals surface area contributed by atoms with Crippen molar-refractivity contribution in [1.82, 2.24) is 0 Å². The summed E-state index contributed by atoms with van der Waals surface area (Å²) >= 11 is 0. The Labute approximate surface area is 101 Å². The van der Waals surface area contributed by atoms with Gasteiger partial charge in [0, 0.05) is 6.21 Å². The van der Waals surface area contributed by atoms with Crippen molar-refractivity contribution in [2.75, 3.05) is 7.11 Å². The minimum absolute atomic E-state index is 0.0377. The lowest BCUT2D eigenvalue weighted by atomic mass is 10.2. The molecule has 5 heteroatoms. The first-order chi connectivity index (χ1) is 8.01. The molecule has 0 fully saturated rings. The van der Waals surface area contributed by atoms with Crippen LogP contribution in [0.3, 0.4) is 0 Å². The third kappa shape index (κ3) is 6.90. The van der Waals surface area contributed by atoms with E-state index in [0.717, 1.165) is 0 Å². The van der Waals surface area contributed by atoms with Gasteiger partial charge in [-0.1, -0.05) is 6.08 Å². The molecule has 17 heavy (non-hydrogen) atoms. The molecule has 0 unspecified atom stereocenters. The lowest BCUT2D eigenvalue weighted by Crippen LogP contribution is -2.07. The van der Waals surface area contributed by atoms with Crippen molar-refractivity contribution in [2.24, 2.45) is 4.99 Å². The van der Waals surface area contributed by atoms with E-state index in [4.69, 9.17) is 10.00 Å². The smallest absolute Gasteiger partial charge is 0.339 e. The van der Waals surface area contributed by atoms with Crippen LogP contribution < -0.4 is 0 Å². The molecular weight excluding hydrogens is 220 g/mol. The first-order valence-corrected chi connectivity index (χ1v) is 5.06. The number of hydrogen-bond donors (Lipinski definition) is 0. The number of aliphatic imine (C=N–C) groups is 1. The summed E-state index contributed by atoms with van der Waals surface area (Å²) in [5.74, 6) is -0.354. The summed E-state index contributed by atoms with van der Waals surface area (Å²) in [6.07, 6.45) is 2.77. The zero-order valence-electron chi connectivity index (χ0n) is 10.3. The maximum Gasteiger partial charge on any atom is 0.339 e. The molecule has 0 saturated heterocycles. The van der Waals surface area contributed by atoms with Gasteiger partial charge >= 0.3 is 5.97 Å². The van der Waals surface area contributed by atoms with Crippen molar-refractivity contribution < 1.29 is 14.3 Å². The van der Waals surface area contributed by atoms with Crippen LogP contribution in [0.15, 0.2) is 29.1 Å². The fraction of sp³-hybridized carbons (Fsp3) is 0.417. The topological polar surface area (TPSA) is 71.7 Å². The average Bonchev–Trinajstić information content (AvgIpc) is 2.27. The number of nitrogens with zero attached hydrogens (tertiary/aromatic N) is 2. The predicted molar refractivity (Wildman–Crippen MR) is 64.2 cm³/mol. The highest BCUT2D eigenvalue weighted by Crippen LogP contribution is 2.03. The van der Waals surface area contributed by atoms with Gasteiger partial charge in [0.05, 0.1) is 31.3 Å². The Morgan fingerprint density at radius 3 is 2.71 bits per heavy atom. The van der Waals surface area contributed by atoms with Crippen LogP contribution >= 0.6 is 0 Å². The van der Waals surface area contributed by atoms with Crippen LogP contribution in [0.25, 0.3) is 0 Å². The van der Waals surface area contributed by atoms with E-state index in [0.29, 0.717) is 0 Å². The molecule has 0 aromatic rings. The van der Waals surface area contributed by atoms with Gasteiger partial charge in [0.25, 0.3) is 0 Å². The minimum Gasteiger partial charge on any atom is -0.475 e. The number of methoxy groups -OCH3 is 1. The van der Waals surface area contributed by atoms with Crippen molar-refractivity contribution in [3.8, 4) is 6.07 Å². The van der Waals surface area contributed by atoms with E-state index in [2.05, 4.69) is 16.3 Å². The summed E-state index contributed by atoms with van der Waals surface area (Å²) in [5.41, 5.74) is 0.197. The number of carbonyl (C=O) groups is 1. The monoisotopic (exact) mass is 236 g/mol. The summed E-state index contributed by atoms with van der Waals surface area (Å²) in [5, 5.41) is 8.43. The fourth-order valence-corrected chi connectivity index (χ4v) is 0.906. The molecule has 0 aliphatic rings. The molecule has 0 spiro atoms. The van der Waals surface area contributed by atoms with Crippen LogP contribution in [0.2, 0.25) is 0 Å². The van der Waals surface area contributed by atoms with Gasteiger partial charge in [-0.2, -0.15) is 5.26 Å². The second kappa shape index (κ2) is 8.11. The van der Waals surface area contributed by atoms with Gasteiger partial charge in [-0.15, -0.1) is 0 Å². The Morgan fingerprint density at radius 1 is 1.59 bits per heavy atom. The fourth-order valence-electron chi connectivity index (χ4n) is 0.906. The highest BCUT2D eigenvalue weighted by molar-refractivity contribution is 6.09. The Kier molecular flexibility index (Phi) is 7.11. The van der Waals surface area contributed by atoms with E-state index < -0.39 is 5.97 Å². The standard InChI is InChI=1S/C12H16N2O3/c1-9(2)17-10(3)14-8-11(6-5-7-13)12(15)16-4/h6,8-9H,3,5H2,1-2,4H3/b11-6+,14-8-. The van der Waals surface area contributed by atoms with Gasteiger partial charge in [0.15, 0.2) is 0 Å². The summed E-state index contributed by atoms with van der Waals surface area (Å²) in [6.45, 7) is 7.25. The molecule has 0 heterocycles. The number of esters is 1. The van der Waals surface area contributed by atoms with E-state index in [9.17, 15) is 4.79 Å². The molecule has 0 aromatic carbocycles. The molecule has 0 aliphatic heterocycles. The zero-order chi connectivity index (χ0) is 13.3. The summed E-state index contributed by atoms with van der Waals surface area (Å²) in [4.78, 5) is 15.2. The maximum atomic E-state index is 11.3. The number of carbonyl (C=O) groups excluding carboxylic acids is 1. The van der Waals surface area contributed by atoms with E-state index in [1.165, 1.54) is 19.4 Å². The largest absolute Gasteiger partial charge is 0.475 e. The van der Waals surface area contributed by atoms with Crippen molar-refractivity contribution in [3.63, 3.8) is 0 Å². The van der Waals surface area contributed by atoms with E-state index in [1.807, 2.05) is 19.9 Å². The normalized spacial score (nSPS) is 11.4. The Bertz CT molecular complexity index is 376. The lowest BCUT2D eigenvalue weighted by Gasteiger charge is -2.07. The molecule has 0 radical (unpaired) electrons. The second-order valence-corrected chi connectivity index (χ2v) is 3.33. The molecule has 0 bridgehead atoms. The van der Waals surface area contributed by atoms with E-state index in [-0.39, 0.29) is 24.0 Å². The van der Waals surface area contributed by atoms with Crippen LogP contribution in [0, 0.1) is 11.3 Å². The molecule has 0 N–H and O–H groups in total. The summed E-state index contributed by atoms with van der Waals surface area (Å²) in [7, 11) is 1.26. The lowest BCUT2D eigenvalue weighted by molar-refractivity contribution is -0.135. The zero-order valence-corrected chi connectivity index (χ0v) is 10.3. The summed E-state index contributed by atoms with van der Waals surface area (Å²) < 4.78 is 9.73. The molecule has 0 saturated carbocycles. The Balaban J connectivity index is 4.65.